The minimum Gasteiger partial charge on any atom is -0.368 e. The number of hydrogen-bond donors (Lipinski definition) is 3. The van der Waals surface area contributed by atoms with Gasteiger partial charge >= 0.3 is 6.03 Å². The van der Waals surface area contributed by atoms with E-state index in [0.29, 0.717) is 0 Å². The summed E-state index contributed by atoms with van der Waals surface area (Å²) < 4.78 is 0. The Bertz CT molecular complexity index is 361. The highest BCUT2D eigenvalue weighted by Gasteiger charge is 2.51. The Morgan fingerprint density at radius 2 is 1.63 bits per heavy atom. The van der Waals surface area contributed by atoms with E-state index in [2.05, 4.69) is 10.8 Å². The normalized spacial score (nSPS) is 39.1. The third-order valence-corrected chi connectivity index (χ3v) is 4.80. The first-order valence-corrected chi connectivity index (χ1v) is 7.03. The van der Waals surface area contributed by atoms with Gasteiger partial charge in [0.2, 0.25) is 5.91 Å². The van der Waals surface area contributed by atoms with Crippen molar-refractivity contribution in [3.05, 3.63) is 0 Å². The molecule has 3 amide bonds. The lowest BCUT2D eigenvalue weighted by molar-refractivity contribution is -0.124. The Kier molecular flexibility index (Phi) is 3.12. The van der Waals surface area contributed by atoms with Gasteiger partial charge in [-0.2, -0.15) is 0 Å². The van der Waals surface area contributed by atoms with Gasteiger partial charge in [0.15, 0.2) is 6.61 Å². The Balaban J connectivity index is 1.54. The molecular formula is C13H21N3O3. The molecule has 4 rings (SSSR count). The van der Waals surface area contributed by atoms with Crippen LogP contribution in [-0.2, 0) is 9.63 Å². The Morgan fingerprint density at radius 3 is 2.11 bits per heavy atom. The molecular weight excluding hydrogens is 246 g/mol. The molecule has 0 heterocycles. The van der Waals surface area contributed by atoms with Crippen LogP contribution in [0.25, 0.3) is 0 Å². The number of carbonyl (C=O) groups excluding carboxylic acids is 2. The topological polar surface area (TPSA) is 93.5 Å². The number of nitrogens with one attached hydrogen (secondary N) is 2. The van der Waals surface area contributed by atoms with E-state index in [4.69, 9.17) is 10.6 Å². The molecule has 6 heteroatoms. The van der Waals surface area contributed by atoms with Crippen LogP contribution in [0.2, 0.25) is 0 Å². The number of urea groups is 1. The van der Waals surface area contributed by atoms with E-state index in [1.54, 1.807) is 0 Å². The molecule has 4 bridgehead atoms. The standard InChI is InChI=1S/C13H21N3O3/c14-11(17)7-19-16-12(18)15-13-4-8-1-9(5-13)3-10(2-8)6-13/h8-10H,1-7H2,(H2,14,17)(H2,15,16,18). The predicted molar refractivity (Wildman–Crippen MR) is 67.7 cm³/mol. The fourth-order valence-corrected chi connectivity index (χ4v) is 4.70. The highest BCUT2D eigenvalue weighted by atomic mass is 16.7. The molecule has 4 aliphatic carbocycles. The van der Waals surface area contributed by atoms with Crippen molar-refractivity contribution in [2.45, 2.75) is 44.1 Å². The molecule has 4 saturated carbocycles. The molecule has 0 spiro atoms. The summed E-state index contributed by atoms with van der Waals surface area (Å²) in [4.78, 5) is 27.1. The van der Waals surface area contributed by atoms with Crippen molar-refractivity contribution < 1.29 is 14.4 Å². The third kappa shape index (κ3) is 2.68. The second kappa shape index (κ2) is 4.67. The maximum absolute atomic E-state index is 11.8. The van der Waals surface area contributed by atoms with Crippen molar-refractivity contribution in [3.8, 4) is 0 Å². The fourth-order valence-electron chi connectivity index (χ4n) is 4.70. The second-order valence-electron chi connectivity index (χ2n) is 6.51. The quantitative estimate of drug-likeness (QED) is 0.653. The molecule has 6 nitrogen and oxygen atoms in total. The van der Waals surface area contributed by atoms with Crippen molar-refractivity contribution in [1.29, 1.82) is 0 Å². The van der Waals surface area contributed by atoms with E-state index in [1.807, 2.05) is 0 Å². The second-order valence-corrected chi connectivity index (χ2v) is 6.51. The number of amides is 3. The van der Waals surface area contributed by atoms with Crippen molar-refractivity contribution in [2.75, 3.05) is 6.61 Å². The largest absolute Gasteiger partial charge is 0.368 e. The van der Waals surface area contributed by atoms with Gasteiger partial charge in [-0.05, 0) is 56.3 Å². The molecule has 0 unspecified atom stereocenters. The first-order chi connectivity index (χ1) is 9.05. The van der Waals surface area contributed by atoms with E-state index in [9.17, 15) is 9.59 Å². The number of hydroxylamine groups is 1. The maximum atomic E-state index is 11.8. The summed E-state index contributed by atoms with van der Waals surface area (Å²) in [6, 6.07) is -0.358. The lowest BCUT2D eigenvalue weighted by Crippen LogP contribution is -2.61. The van der Waals surface area contributed by atoms with Crippen LogP contribution in [-0.4, -0.2) is 24.1 Å². The third-order valence-electron chi connectivity index (χ3n) is 4.80. The van der Waals surface area contributed by atoms with Gasteiger partial charge < -0.3 is 11.1 Å². The molecule has 19 heavy (non-hydrogen) atoms. The van der Waals surface area contributed by atoms with Crippen molar-refractivity contribution in [1.82, 2.24) is 10.8 Å². The first-order valence-electron chi connectivity index (χ1n) is 7.03. The summed E-state index contributed by atoms with van der Waals surface area (Å²) >= 11 is 0. The van der Waals surface area contributed by atoms with E-state index in [1.165, 1.54) is 19.3 Å². The number of primary amides is 1. The van der Waals surface area contributed by atoms with Crippen LogP contribution in [0.5, 0.6) is 0 Å². The number of carbonyl (C=O) groups is 2. The van der Waals surface area contributed by atoms with Gasteiger partial charge in [0, 0.05) is 5.54 Å². The summed E-state index contributed by atoms with van der Waals surface area (Å²) in [6.45, 7) is -0.297. The van der Waals surface area contributed by atoms with Crippen molar-refractivity contribution >= 4 is 11.9 Å². The molecule has 4 aliphatic rings. The maximum Gasteiger partial charge on any atom is 0.339 e. The molecule has 0 saturated heterocycles. The van der Waals surface area contributed by atoms with E-state index in [-0.39, 0.29) is 18.2 Å². The minimum absolute atomic E-state index is 0.0467. The van der Waals surface area contributed by atoms with Gasteiger partial charge in [0.1, 0.15) is 0 Å². The summed E-state index contributed by atoms with van der Waals surface area (Å²) in [5, 5.41) is 3.07. The summed E-state index contributed by atoms with van der Waals surface area (Å²) in [5.74, 6) is 1.73. The SMILES string of the molecule is NC(=O)CONC(=O)NC12CC3CC(CC(C3)C1)C2. The minimum atomic E-state index is -0.602. The molecule has 0 atom stereocenters. The lowest BCUT2D eigenvalue weighted by atomic mass is 9.53. The van der Waals surface area contributed by atoms with Crippen LogP contribution in [0.1, 0.15) is 38.5 Å². The van der Waals surface area contributed by atoms with Crippen molar-refractivity contribution in [3.63, 3.8) is 0 Å². The molecule has 0 aromatic carbocycles. The van der Waals surface area contributed by atoms with Crippen LogP contribution >= 0.6 is 0 Å². The van der Waals surface area contributed by atoms with E-state index >= 15 is 0 Å². The van der Waals surface area contributed by atoms with Gasteiger partial charge in [-0.25, -0.2) is 10.3 Å². The number of nitrogens with two attached hydrogens (primary N) is 1. The smallest absolute Gasteiger partial charge is 0.339 e. The fraction of sp³-hybridized carbons (Fsp3) is 0.846. The zero-order chi connectivity index (χ0) is 13.5. The zero-order valence-corrected chi connectivity index (χ0v) is 11.0. The average molecular weight is 267 g/mol. The average Bonchev–Trinajstić information content (AvgIpc) is 2.25. The molecule has 4 N–H and O–H groups in total. The summed E-state index contributed by atoms with van der Waals surface area (Å²) in [5.41, 5.74) is 7.12. The molecule has 0 radical (unpaired) electrons. The van der Waals surface area contributed by atoms with Gasteiger partial charge in [-0.1, -0.05) is 0 Å². The Labute approximate surface area is 112 Å². The molecule has 0 aromatic heterocycles. The van der Waals surface area contributed by atoms with Crippen LogP contribution in [0.3, 0.4) is 0 Å². The highest BCUT2D eigenvalue weighted by Crippen LogP contribution is 2.55. The molecule has 106 valence electrons. The lowest BCUT2D eigenvalue weighted by Gasteiger charge is -2.56. The predicted octanol–water partition coefficient (Wildman–Crippen LogP) is 0.671. The number of rotatable bonds is 4. The number of hydrogen-bond acceptors (Lipinski definition) is 3. The molecule has 4 fully saturated rings. The summed E-state index contributed by atoms with van der Waals surface area (Å²) in [7, 11) is 0. The van der Waals surface area contributed by atoms with Crippen LogP contribution in [0, 0.1) is 17.8 Å². The Morgan fingerprint density at radius 1 is 1.11 bits per heavy atom. The van der Waals surface area contributed by atoms with Gasteiger partial charge in [-0.15, -0.1) is 0 Å². The van der Waals surface area contributed by atoms with E-state index < -0.39 is 5.91 Å². The van der Waals surface area contributed by atoms with Gasteiger partial charge in [-0.3, -0.25) is 9.63 Å². The van der Waals surface area contributed by atoms with Crippen LogP contribution in [0.15, 0.2) is 0 Å². The van der Waals surface area contributed by atoms with Gasteiger partial charge in [0.05, 0.1) is 0 Å². The van der Waals surface area contributed by atoms with Crippen LogP contribution in [0.4, 0.5) is 4.79 Å². The van der Waals surface area contributed by atoms with Gasteiger partial charge in [0.25, 0.3) is 0 Å². The Hall–Kier alpha value is -1.30. The summed E-state index contributed by atoms with van der Waals surface area (Å²) in [6.07, 6.45) is 7.26. The van der Waals surface area contributed by atoms with E-state index in [0.717, 1.165) is 37.0 Å². The highest BCUT2D eigenvalue weighted by molar-refractivity contribution is 5.76. The molecule has 0 aliphatic heterocycles. The van der Waals surface area contributed by atoms with Crippen LogP contribution < -0.4 is 16.5 Å². The molecule has 0 aromatic rings. The zero-order valence-electron chi connectivity index (χ0n) is 11.0. The van der Waals surface area contributed by atoms with Crippen molar-refractivity contribution in [2.24, 2.45) is 23.5 Å². The first kappa shape index (κ1) is 12.7. The monoisotopic (exact) mass is 267 g/mol.